The first-order valence-corrected chi connectivity index (χ1v) is 10.9. The van der Waals surface area contributed by atoms with Crippen LogP contribution >= 0.6 is 0 Å². The van der Waals surface area contributed by atoms with Crippen LogP contribution in [-0.4, -0.2) is 43.2 Å². The number of hydrogen-bond acceptors (Lipinski definition) is 6. The van der Waals surface area contributed by atoms with Crippen molar-refractivity contribution in [2.75, 3.05) is 37.0 Å². The van der Waals surface area contributed by atoms with E-state index < -0.39 is 0 Å². The van der Waals surface area contributed by atoms with Crippen LogP contribution in [0.15, 0.2) is 42.5 Å². The number of rotatable bonds is 5. The number of likely N-dealkylation sites (N-methyl/N-ethyl adjacent to an activating group) is 1. The van der Waals surface area contributed by atoms with Gasteiger partial charge in [-0.05, 0) is 43.5 Å². The van der Waals surface area contributed by atoms with E-state index in [9.17, 15) is 4.79 Å². The molecule has 6 nitrogen and oxygen atoms in total. The smallest absolute Gasteiger partial charge is 0.325 e. The minimum atomic E-state index is -0.292. The Morgan fingerprint density at radius 2 is 1.72 bits per heavy atom. The van der Waals surface area contributed by atoms with E-state index in [4.69, 9.17) is 14.7 Å². The van der Waals surface area contributed by atoms with Crippen LogP contribution in [0.2, 0.25) is 0 Å². The van der Waals surface area contributed by atoms with Crippen LogP contribution in [-0.2, 0) is 22.5 Å². The van der Waals surface area contributed by atoms with Crippen LogP contribution in [0.3, 0.4) is 0 Å². The maximum Gasteiger partial charge on any atom is 0.325 e. The quantitative estimate of drug-likeness (QED) is 0.565. The molecule has 0 atom stereocenters. The van der Waals surface area contributed by atoms with Crippen molar-refractivity contribution in [1.29, 1.82) is 0 Å². The Hall–Kier alpha value is -3.41. The first-order chi connectivity index (χ1) is 15.4. The van der Waals surface area contributed by atoms with Crippen LogP contribution in [0.5, 0.6) is 0 Å². The maximum atomic E-state index is 12.0. The summed E-state index contributed by atoms with van der Waals surface area (Å²) in [5, 5.41) is 0. The summed E-state index contributed by atoms with van der Waals surface area (Å²) in [7, 11) is 3.30. The Bertz CT molecular complexity index is 1140. The molecule has 0 bridgehead atoms. The first-order valence-electron chi connectivity index (χ1n) is 10.9. The highest BCUT2D eigenvalue weighted by atomic mass is 16.5. The number of nitrogens with zero attached hydrogens (tertiary/aromatic N) is 4. The lowest BCUT2D eigenvalue weighted by Crippen LogP contribution is -2.35. The molecule has 0 saturated carbocycles. The van der Waals surface area contributed by atoms with Crippen molar-refractivity contribution in [3.8, 4) is 11.4 Å². The predicted octanol–water partition coefficient (Wildman–Crippen LogP) is 4.24. The molecule has 0 amide bonds. The molecule has 1 aliphatic rings. The highest BCUT2D eigenvalue weighted by Crippen LogP contribution is 2.34. The molecule has 0 saturated heterocycles. The Kier molecular flexibility index (Phi) is 6.12. The number of para-hydroxylation sites is 1. The fourth-order valence-electron chi connectivity index (χ4n) is 4.45. The molecule has 0 unspecified atom stereocenters. The molecule has 2 heterocycles. The second-order valence-corrected chi connectivity index (χ2v) is 8.45. The van der Waals surface area contributed by atoms with Gasteiger partial charge in [0.05, 0.1) is 12.8 Å². The zero-order valence-electron chi connectivity index (χ0n) is 19.5. The van der Waals surface area contributed by atoms with Crippen molar-refractivity contribution in [3.63, 3.8) is 0 Å². The van der Waals surface area contributed by atoms with Gasteiger partial charge in [0.25, 0.3) is 0 Å². The molecule has 6 heteroatoms. The number of carbonyl (C=O) groups is 1. The van der Waals surface area contributed by atoms with E-state index >= 15 is 0 Å². The zero-order chi connectivity index (χ0) is 22.8. The molecule has 4 rings (SSSR count). The number of benzene rings is 2. The average Bonchev–Trinajstić information content (AvgIpc) is 2.78. The van der Waals surface area contributed by atoms with E-state index in [2.05, 4.69) is 68.1 Å². The van der Waals surface area contributed by atoms with Gasteiger partial charge in [0.15, 0.2) is 5.82 Å². The maximum absolute atomic E-state index is 12.0. The number of ether oxygens (including phenoxy) is 1. The summed E-state index contributed by atoms with van der Waals surface area (Å²) in [6.07, 6.45) is 0.823. The fourth-order valence-corrected chi connectivity index (χ4v) is 4.45. The molecular formula is C26H30N4O2. The summed E-state index contributed by atoms with van der Waals surface area (Å²) in [5.41, 5.74) is 7.93. The first kappa shape index (κ1) is 21.8. The predicted molar refractivity (Wildman–Crippen MR) is 128 cm³/mol. The SMILES string of the molecule is COC(=O)CN(C)c1nc(-c2c(C)cccc2C)nc2c1CN(c1ccccc1C)CC2. The monoisotopic (exact) mass is 430 g/mol. The van der Waals surface area contributed by atoms with E-state index in [0.29, 0.717) is 6.54 Å². The summed E-state index contributed by atoms with van der Waals surface area (Å²) in [6.45, 7) is 8.03. The lowest BCUT2D eigenvalue weighted by Gasteiger charge is -2.34. The van der Waals surface area contributed by atoms with Crippen LogP contribution in [0.4, 0.5) is 11.5 Å². The van der Waals surface area contributed by atoms with Crippen molar-refractivity contribution >= 4 is 17.5 Å². The number of carbonyl (C=O) groups excluding carboxylic acids is 1. The molecule has 2 aromatic carbocycles. The van der Waals surface area contributed by atoms with Crippen LogP contribution in [0.1, 0.15) is 27.9 Å². The molecule has 32 heavy (non-hydrogen) atoms. The van der Waals surface area contributed by atoms with E-state index in [-0.39, 0.29) is 12.5 Å². The van der Waals surface area contributed by atoms with Crippen molar-refractivity contribution in [2.24, 2.45) is 0 Å². The van der Waals surface area contributed by atoms with Gasteiger partial charge in [-0.1, -0.05) is 36.4 Å². The number of hydrogen-bond donors (Lipinski definition) is 0. The van der Waals surface area contributed by atoms with Gasteiger partial charge in [-0.15, -0.1) is 0 Å². The summed E-state index contributed by atoms with van der Waals surface area (Å²) < 4.78 is 4.91. The van der Waals surface area contributed by atoms with Gasteiger partial charge >= 0.3 is 5.97 Å². The summed E-state index contributed by atoms with van der Waals surface area (Å²) in [6, 6.07) is 14.7. The van der Waals surface area contributed by atoms with Crippen LogP contribution in [0, 0.1) is 20.8 Å². The highest BCUT2D eigenvalue weighted by Gasteiger charge is 2.26. The fraction of sp³-hybridized carbons (Fsp3) is 0.346. The van der Waals surface area contributed by atoms with Gasteiger partial charge in [0.1, 0.15) is 12.4 Å². The Morgan fingerprint density at radius 1 is 1.03 bits per heavy atom. The molecule has 1 aromatic heterocycles. The van der Waals surface area contributed by atoms with Gasteiger partial charge in [-0.25, -0.2) is 9.97 Å². The number of esters is 1. The van der Waals surface area contributed by atoms with Gasteiger partial charge in [0.2, 0.25) is 0 Å². The lowest BCUT2D eigenvalue weighted by molar-refractivity contribution is -0.138. The number of anilines is 2. The van der Waals surface area contributed by atoms with Crippen molar-refractivity contribution < 1.29 is 9.53 Å². The van der Waals surface area contributed by atoms with E-state index in [1.54, 1.807) is 0 Å². The topological polar surface area (TPSA) is 58.6 Å². The Labute approximate surface area is 189 Å². The molecule has 0 aliphatic carbocycles. The summed E-state index contributed by atoms with van der Waals surface area (Å²) >= 11 is 0. The third-order valence-corrected chi connectivity index (χ3v) is 6.15. The van der Waals surface area contributed by atoms with E-state index in [0.717, 1.165) is 52.6 Å². The van der Waals surface area contributed by atoms with Gasteiger partial charge in [0, 0.05) is 43.4 Å². The molecule has 0 fully saturated rings. The summed E-state index contributed by atoms with van der Waals surface area (Å²) in [4.78, 5) is 26.3. The standard InChI is InChI=1S/C26H30N4O2/c1-17-9-6-7-12-22(17)30-14-13-21-20(15-30)26(29(4)16-23(31)32-5)28-25(27-21)24-18(2)10-8-11-19(24)3/h6-12H,13-16H2,1-5H3. The second kappa shape index (κ2) is 8.99. The molecular weight excluding hydrogens is 400 g/mol. The number of fused-ring (bicyclic) bond motifs is 1. The molecule has 0 spiro atoms. The molecule has 0 radical (unpaired) electrons. The molecule has 1 aliphatic heterocycles. The molecule has 3 aromatic rings. The van der Waals surface area contributed by atoms with Crippen molar-refractivity contribution in [2.45, 2.75) is 33.7 Å². The largest absolute Gasteiger partial charge is 0.468 e. The third kappa shape index (κ3) is 4.17. The van der Waals surface area contributed by atoms with E-state index in [1.807, 2.05) is 11.9 Å². The van der Waals surface area contributed by atoms with Gasteiger partial charge in [-0.2, -0.15) is 0 Å². The normalized spacial score (nSPS) is 13.0. The molecule has 166 valence electrons. The van der Waals surface area contributed by atoms with Gasteiger partial charge < -0.3 is 14.5 Å². The average molecular weight is 431 g/mol. The number of aryl methyl sites for hydroxylation is 3. The lowest BCUT2D eigenvalue weighted by atomic mass is 10.00. The summed E-state index contributed by atoms with van der Waals surface area (Å²) in [5.74, 6) is 1.21. The highest BCUT2D eigenvalue weighted by molar-refractivity contribution is 5.76. The Balaban J connectivity index is 1.82. The Morgan fingerprint density at radius 3 is 2.41 bits per heavy atom. The van der Waals surface area contributed by atoms with E-state index in [1.165, 1.54) is 18.4 Å². The number of aromatic nitrogens is 2. The van der Waals surface area contributed by atoms with Crippen molar-refractivity contribution in [3.05, 3.63) is 70.4 Å². The van der Waals surface area contributed by atoms with Crippen LogP contribution in [0.25, 0.3) is 11.4 Å². The minimum Gasteiger partial charge on any atom is -0.468 e. The second-order valence-electron chi connectivity index (χ2n) is 8.45. The molecule has 0 N–H and O–H groups in total. The zero-order valence-corrected chi connectivity index (χ0v) is 19.5. The van der Waals surface area contributed by atoms with Crippen LogP contribution < -0.4 is 9.80 Å². The van der Waals surface area contributed by atoms with Crippen molar-refractivity contribution in [1.82, 2.24) is 9.97 Å². The van der Waals surface area contributed by atoms with Gasteiger partial charge in [-0.3, -0.25) is 4.79 Å². The minimum absolute atomic E-state index is 0.135. The third-order valence-electron chi connectivity index (χ3n) is 6.15. The number of methoxy groups -OCH3 is 1.